The Labute approximate surface area is 194 Å². The molecule has 0 radical (unpaired) electrons. The number of carbonyl (C=O) groups is 1. The Morgan fingerprint density at radius 2 is 1.94 bits per heavy atom. The molecule has 0 aliphatic carbocycles. The molecule has 0 bridgehead atoms. The summed E-state index contributed by atoms with van der Waals surface area (Å²) in [5, 5.41) is 4.29. The van der Waals surface area contributed by atoms with Gasteiger partial charge < -0.3 is 19.5 Å². The maximum atomic E-state index is 12.5. The highest BCUT2D eigenvalue weighted by Gasteiger charge is 2.27. The van der Waals surface area contributed by atoms with Crippen molar-refractivity contribution < 1.29 is 9.53 Å². The third kappa shape index (κ3) is 5.54. The molecule has 4 rings (SSSR count). The standard InChI is InChI=1S/C25H31ClN4O2/c1-25(2,3)32-24(31)29-14-6-7-19(16-29)15-27-23-28-21-8-4-5-9-22(21)30(23)17-18-10-12-20(26)13-11-18/h4-5,8-13,19H,6-7,14-17H2,1-3H3,(H,27,28)/t19-/m1/s1. The van der Waals surface area contributed by atoms with E-state index in [-0.39, 0.29) is 6.09 Å². The van der Waals surface area contributed by atoms with Crippen LogP contribution in [0.3, 0.4) is 0 Å². The zero-order chi connectivity index (χ0) is 22.7. The monoisotopic (exact) mass is 454 g/mol. The molecule has 32 heavy (non-hydrogen) atoms. The number of anilines is 1. The molecule has 1 N–H and O–H groups in total. The van der Waals surface area contributed by atoms with Gasteiger partial charge in [0.05, 0.1) is 17.6 Å². The number of aromatic nitrogens is 2. The topological polar surface area (TPSA) is 59.4 Å². The van der Waals surface area contributed by atoms with Gasteiger partial charge in [-0.3, -0.25) is 0 Å². The van der Waals surface area contributed by atoms with Crippen LogP contribution in [0.1, 0.15) is 39.2 Å². The number of hydrogen-bond donors (Lipinski definition) is 1. The maximum Gasteiger partial charge on any atom is 0.410 e. The van der Waals surface area contributed by atoms with Gasteiger partial charge in [-0.05, 0) is 69.4 Å². The second-order valence-corrected chi connectivity index (χ2v) is 9.89. The predicted molar refractivity (Wildman–Crippen MR) is 129 cm³/mol. The minimum absolute atomic E-state index is 0.225. The highest BCUT2D eigenvalue weighted by atomic mass is 35.5. The Hall–Kier alpha value is -2.73. The fourth-order valence-corrected chi connectivity index (χ4v) is 4.23. The molecule has 1 aromatic heterocycles. The second-order valence-electron chi connectivity index (χ2n) is 9.45. The molecular weight excluding hydrogens is 424 g/mol. The van der Waals surface area contributed by atoms with Gasteiger partial charge in [-0.25, -0.2) is 9.78 Å². The van der Waals surface area contributed by atoms with Crippen LogP contribution in [0.25, 0.3) is 11.0 Å². The molecule has 0 saturated carbocycles. The Kier molecular flexibility index (Phi) is 6.60. The normalized spacial score (nSPS) is 16.9. The number of likely N-dealkylation sites (tertiary alicyclic amines) is 1. The van der Waals surface area contributed by atoms with E-state index in [1.54, 1.807) is 0 Å². The van der Waals surface area contributed by atoms with Crippen LogP contribution in [0, 0.1) is 5.92 Å². The van der Waals surface area contributed by atoms with Gasteiger partial charge in [0.1, 0.15) is 5.60 Å². The third-order valence-corrected chi connectivity index (χ3v) is 5.88. The summed E-state index contributed by atoms with van der Waals surface area (Å²) in [4.78, 5) is 19.2. The minimum Gasteiger partial charge on any atom is -0.444 e. The fraction of sp³-hybridized carbons (Fsp3) is 0.440. The van der Waals surface area contributed by atoms with Crippen LogP contribution in [0.2, 0.25) is 5.02 Å². The van der Waals surface area contributed by atoms with Gasteiger partial charge in [0.25, 0.3) is 0 Å². The minimum atomic E-state index is -0.477. The van der Waals surface area contributed by atoms with E-state index in [0.717, 1.165) is 53.5 Å². The van der Waals surface area contributed by atoms with Crippen LogP contribution >= 0.6 is 11.6 Å². The van der Waals surface area contributed by atoms with E-state index in [4.69, 9.17) is 21.3 Å². The molecule has 0 unspecified atom stereocenters. The Bertz CT molecular complexity index is 1070. The van der Waals surface area contributed by atoms with E-state index in [1.807, 2.05) is 68.1 Å². The van der Waals surface area contributed by atoms with Gasteiger partial charge in [0, 0.05) is 24.7 Å². The average Bonchev–Trinajstić information content (AvgIpc) is 3.10. The van der Waals surface area contributed by atoms with Gasteiger partial charge in [-0.1, -0.05) is 35.9 Å². The van der Waals surface area contributed by atoms with Crippen LogP contribution < -0.4 is 5.32 Å². The lowest BCUT2D eigenvalue weighted by molar-refractivity contribution is 0.0172. The Morgan fingerprint density at radius 3 is 2.69 bits per heavy atom. The number of hydrogen-bond acceptors (Lipinski definition) is 4. The third-order valence-electron chi connectivity index (χ3n) is 5.63. The number of fused-ring (bicyclic) bond motifs is 1. The number of halogens is 1. The molecule has 1 aliphatic rings. The summed E-state index contributed by atoms with van der Waals surface area (Å²) in [5.74, 6) is 1.19. The van der Waals surface area contributed by atoms with Crippen molar-refractivity contribution in [2.75, 3.05) is 25.0 Å². The van der Waals surface area contributed by atoms with Gasteiger partial charge in [-0.2, -0.15) is 0 Å². The molecule has 1 amide bonds. The summed E-state index contributed by atoms with van der Waals surface area (Å²) in [5.41, 5.74) is 2.73. The highest BCUT2D eigenvalue weighted by Crippen LogP contribution is 2.24. The number of ether oxygens (including phenoxy) is 1. The van der Waals surface area contributed by atoms with Crippen molar-refractivity contribution in [3.8, 4) is 0 Å². The summed E-state index contributed by atoms with van der Waals surface area (Å²) in [7, 11) is 0. The van der Waals surface area contributed by atoms with E-state index in [0.29, 0.717) is 19.0 Å². The van der Waals surface area contributed by atoms with Gasteiger partial charge >= 0.3 is 6.09 Å². The molecule has 7 heteroatoms. The lowest BCUT2D eigenvalue weighted by Gasteiger charge is -2.34. The number of piperidine rings is 1. The van der Waals surface area contributed by atoms with Gasteiger partial charge in [-0.15, -0.1) is 0 Å². The van der Waals surface area contributed by atoms with Crippen LogP contribution in [0.15, 0.2) is 48.5 Å². The van der Waals surface area contributed by atoms with E-state index < -0.39 is 5.60 Å². The number of rotatable bonds is 5. The van der Waals surface area contributed by atoms with E-state index >= 15 is 0 Å². The van der Waals surface area contributed by atoms with E-state index in [9.17, 15) is 4.79 Å². The maximum absolute atomic E-state index is 12.5. The molecule has 6 nitrogen and oxygen atoms in total. The van der Waals surface area contributed by atoms with Crippen molar-refractivity contribution in [2.24, 2.45) is 5.92 Å². The first-order valence-corrected chi connectivity index (χ1v) is 11.6. The molecule has 1 fully saturated rings. The van der Waals surface area contributed by atoms with E-state index in [2.05, 4.69) is 16.0 Å². The predicted octanol–water partition coefficient (Wildman–Crippen LogP) is 5.80. The van der Waals surface area contributed by atoms with Crippen LogP contribution in [0.5, 0.6) is 0 Å². The van der Waals surface area contributed by atoms with Gasteiger partial charge in [0.2, 0.25) is 5.95 Å². The number of amides is 1. The SMILES string of the molecule is CC(C)(C)OC(=O)N1CCC[C@H](CNc2nc3ccccc3n2Cc2ccc(Cl)cc2)C1. The summed E-state index contributed by atoms with van der Waals surface area (Å²) in [6.07, 6.45) is 1.83. The summed E-state index contributed by atoms with van der Waals surface area (Å²) < 4.78 is 7.76. The van der Waals surface area contributed by atoms with Crippen molar-refractivity contribution in [1.29, 1.82) is 0 Å². The first-order valence-electron chi connectivity index (χ1n) is 11.2. The molecule has 2 aromatic carbocycles. The molecule has 1 aliphatic heterocycles. The Morgan fingerprint density at radius 1 is 1.19 bits per heavy atom. The number of imidazole rings is 1. The smallest absolute Gasteiger partial charge is 0.410 e. The number of para-hydroxylation sites is 2. The number of nitrogens with one attached hydrogen (secondary N) is 1. The first-order chi connectivity index (χ1) is 15.3. The molecule has 1 atom stereocenters. The lowest BCUT2D eigenvalue weighted by Crippen LogP contribution is -2.44. The molecule has 1 saturated heterocycles. The van der Waals surface area contributed by atoms with E-state index in [1.165, 1.54) is 0 Å². The molecule has 0 spiro atoms. The molecule has 2 heterocycles. The van der Waals surface area contributed by atoms with Crippen molar-refractivity contribution in [3.05, 3.63) is 59.1 Å². The van der Waals surface area contributed by atoms with Crippen molar-refractivity contribution in [2.45, 2.75) is 45.8 Å². The second kappa shape index (κ2) is 9.41. The molecule has 3 aromatic rings. The molecule has 170 valence electrons. The number of benzene rings is 2. The van der Waals surface area contributed by atoms with Crippen LogP contribution in [-0.4, -0.2) is 45.8 Å². The number of nitrogens with zero attached hydrogens (tertiary/aromatic N) is 3. The first kappa shape index (κ1) is 22.5. The molecular formula is C25H31ClN4O2. The Balaban J connectivity index is 1.47. The number of carbonyl (C=O) groups excluding carboxylic acids is 1. The largest absolute Gasteiger partial charge is 0.444 e. The lowest BCUT2D eigenvalue weighted by atomic mass is 9.98. The fourth-order valence-electron chi connectivity index (χ4n) is 4.10. The summed E-state index contributed by atoms with van der Waals surface area (Å²) in [6.45, 7) is 8.61. The summed E-state index contributed by atoms with van der Waals surface area (Å²) in [6, 6.07) is 16.1. The summed E-state index contributed by atoms with van der Waals surface area (Å²) >= 11 is 6.06. The van der Waals surface area contributed by atoms with Crippen molar-refractivity contribution >= 4 is 34.7 Å². The van der Waals surface area contributed by atoms with Gasteiger partial charge in [0.15, 0.2) is 0 Å². The highest BCUT2D eigenvalue weighted by molar-refractivity contribution is 6.30. The van der Waals surface area contributed by atoms with Crippen LogP contribution in [-0.2, 0) is 11.3 Å². The van der Waals surface area contributed by atoms with Crippen molar-refractivity contribution in [1.82, 2.24) is 14.5 Å². The van der Waals surface area contributed by atoms with Crippen LogP contribution in [0.4, 0.5) is 10.7 Å². The average molecular weight is 455 g/mol. The zero-order valence-corrected chi connectivity index (χ0v) is 19.7. The van der Waals surface area contributed by atoms with Crippen molar-refractivity contribution in [3.63, 3.8) is 0 Å². The zero-order valence-electron chi connectivity index (χ0n) is 19.0. The quantitative estimate of drug-likeness (QED) is 0.529.